The Morgan fingerprint density at radius 2 is 1.77 bits per heavy atom. The molecule has 0 spiro atoms. The molecule has 1 N–H and O–H groups in total. The van der Waals surface area contributed by atoms with Crippen LogP contribution in [0.3, 0.4) is 0 Å². The summed E-state index contributed by atoms with van der Waals surface area (Å²) < 4.78 is 27.0. The lowest BCUT2D eigenvalue weighted by Gasteiger charge is -2.22. The van der Waals surface area contributed by atoms with Crippen LogP contribution in [-0.2, 0) is 14.8 Å². The summed E-state index contributed by atoms with van der Waals surface area (Å²) in [5.74, 6) is 0.614. The first-order valence-corrected chi connectivity index (χ1v) is 12.2. The van der Waals surface area contributed by atoms with Gasteiger partial charge in [-0.1, -0.05) is 57.7 Å². The third-order valence-corrected chi connectivity index (χ3v) is 7.97. The Bertz CT molecular complexity index is 920. The number of pyridine rings is 1. The fourth-order valence-electron chi connectivity index (χ4n) is 4.21. The predicted octanol–water partition coefficient (Wildman–Crippen LogP) is 4.41. The lowest BCUT2D eigenvalue weighted by molar-refractivity contribution is -0.118. The topological polar surface area (TPSA) is 79.4 Å². The van der Waals surface area contributed by atoms with Gasteiger partial charge in [-0.05, 0) is 42.2 Å². The Kier molecular flexibility index (Phi) is 7.61. The summed E-state index contributed by atoms with van der Waals surface area (Å²) in [6.45, 7) is 4.51. The predicted molar refractivity (Wildman–Crippen MR) is 119 cm³/mol. The fraction of sp³-hybridized carbons (Fsp3) is 0.478. The van der Waals surface area contributed by atoms with Gasteiger partial charge in [-0.2, -0.15) is 4.31 Å². The highest BCUT2D eigenvalue weighted by atomic mass is 32.2. The van der Waals surface area contributed by atoms with Crippen molar-refractivity contribution in [3.05, 3.63) is 54.2 Å². The van der Waals surface area contributed by atoms with Gasteiger partial charge in [-0.15, -0.1) is 0 Å². The summed E-state index contributed by atoms with van der Waals surface area (Å²) >= 11 is 0. The third-order valence-electron chi connectivity index (χ3n) is 5.90. The van der Waals surface area contributed by atoms with Gasteiger partial charge >= 0.3 is 0 Å². The zero-order valence-corrected chi connectivity index (χ0v) is 18.6. The standard InChI is InChI=1S/C23H31N3O3S/c1-3-26(4-2)30(28,29)20-14-12-19(13-15-20)21(17-18-9-5-6-10-18)23(27)25-22-11-7-8-16-24-22/h7-8,11-16,18,21H,3-6,9-10,17H2,1-2H3,(H,24,25,27)/t21-/m1/s1. The maximum Gasteiger partial charge on any atom is 0.243 e. The molecule has 1 saturated carbocycles. The lowest BCUT2D eigenvalue weighted by atomic mass is 9.87. The minimum atomic E-state index is -3.51. The molecule has 1 amide bonds. The van der Waals surface area contributed by atoms with Crippen LogP contribution in [0.2, 0.25) is 0 Å². The van der Waals surface area contributed by atoms with Crippen LogP contribution in [0.4, 0.5) is 5.82 Å². The molecule has 162 valence electrons. The molecule has 0 saturated heterocycles. The molecule has 2 aromatic rings. The highest BCUT2D eigenvalue weighted by Gasteiger charge is 2.28. The Morgan fingerprint density at radius 1 is 1.10 bits per heavy atom. The number of nitrogens with one attached hydrogen (secondary N) is 1. The van der Waals surface area contributed by atoms with Crippen molar-refractivity contribution in [2.24, 2.45) is 5.92 Å². The monoisotopic (exact) mass is 429 g/mol. The van der Waals surface area contributed by atoms with Gasteiger partial charge in [0.2, 0.25) is 15.9 Å². The van der Waals surface area contributed by atoms with Gasteiger partial charge in [-0.3, -0.25) is 4.79 Å². The molecule has 7 heteroatoms. The summed E-state index contributed by atoms with van der Waals surface area (Å²) in [4.78, 5) is 17.6. The molecule has 3 rings (SSSR count). The van der Waals surface area contributed by atoms with E-state index in [0.29, 0.717) is 24.8 Å². The minimum absolute atomic E-state index is 0.0973. The van der Waals surface area contributed by atoms with E-state index in [1.165, 1.54) is 17.1 Å². The Hall–Kier alpha value is -2.25. The second kappa shape index (κ2) is 10.2. The average molecular weight is 430 g/mol. The molecule has 6 nitrogen and oxygen atoms in total. The number of benzene rings is 1. The Balaban J connectivity index is 1.84. The van der Waals surface area contributed by atoms with Crippen LogP contribution < -0.4 is 5.32 Å². The molecule has 1 aromatic heterocycles. The second-order valence-electron chi connectivity index (χ2n) is 7.80. The Labute approximate surface area is 179 Å². The highest BCUT2D eigenvalue weighted by Crippen LogP contribution is 2.35. The Morgan fingerprint density at radius 3 is 2.33 bits per heavy atom. The van der Waals surface area contributed by atoms with Gasteiger partial charge in [-0.25, -0.2) is 13.4 Å². The molecule has 1 aromatic carbocycles. The van der Waals surface area contributed by atoms with Gasteiger partial charge in [0.15, 0.2) is 0 Å². The maximum absolute atomic E-state index is 13.1. The van der Waals surface area contributed by atoms with Crippen LogP contribution in [0.5, 0.6) is 0 Å². The highest BCUT2D eigenvalue weighted by molar-refractivity contribution is 7.89. The first-order valence-electron chi connectivity index (χ1n) is 10.8. The van der Waals surface area contributed by atoms with Crippen molar-refractivity contribution in [2.75, 3.05) is 18.4 Å². The van der Waals surface area contributed by atoms with Crippen molar-refractivity contribution >= 4 is 21.7 Å². The van der Waals surface area contributed by atoms with Gasteiger partial charge in [0.05, 0.1) is 10.8 Å². The normalized spacial score (nSPS) is 16.0. The van der Waals surface area contributed by atoms with E-state index in [2.05, 4.69) is 10.3 Å². The maximum atomic E-state index is 13.1. The number of hydrogen-bond acceptors (Lipinski definition) is 4. The number of carbonyl (C=O) groups is 1. The van der Waals surface area contributed by atoms with Crippen LogP contribution in [0.1, 0.15) is 57.4 Å². The van der Waals surface area contributed by atoms with Crippen molar-refractivity contribution in [3.8, 4) is 0 Å². The number of carbonyl (C=O) groups excluding carboxylic acids is 1. The molecule has 1 aliphatic carbocycles. The van der Waals surface area contributed by atoms with Crippen molar-refractivity contribution in [3.63, 3.8) is 0 Å². The van der Waals surface area contributed by atoms with Crippen LogP contribution in [0, 0.1) is 5.92 Å². The molecular formula is C23H31N3O3S. The second-order valence-corrected chi connectivity index (χ2v) is 9.74. The summed E-state index contributed by atoms with van der Waals surface area (Å²) in [6.07, 6.45) is 7.11. The summed E-state index contributed by atoms with van der Waals surface area (Å²) in [6, 6.07) is 12.2. The molecular weight excluding hydrogens is 398 g/mol. The number of nitrogens with zero attached hydrogens (tertiary/aromatic N) is 2. The summed E-state index contributed by atoms with van der Waals surface area (Å²) in [7, 11) is -3.51. The van der Waals surface area contributed by atoms with Crippen molar-refractivity contribution < 1.29 is 13.2 Å². The number of anilines is 1. The van der Waals surface area contributed by atoms with E-state index < -0.39 is 10.0 Å². The number of hydrogen-bond donors (Lipinski definition) is 1. The van der Waals surface area contributed by atoms with Crippen molar-refractivity contribution in [1.29, 1.82) is 0 Å². The van der Waals surface area contributed by atoms with E-state index in [1.54, 1.807) is 42.6 Å². The van der Waals surface area contributed by atoms with Gasteiger partial charge < -0.3 is 5.32 Å². The number of aromatic nitrogens is 1. The molecule has 1 heterocycles. The smallest absolute Gasteiger partial charge is 0.243 e. The summed E-state index contributed by atoms with van der Waals surface area (Å²) in [5.41, 5.74) is 0.842. The lowest BCUT2D eigenvalue weighted by Crippen LogP contribution is -2.30. The molecule has 0 bridgehead atoms. The SMILES string of the molecule is CCN(CC)S(=O)(=O)c1ccc([C@@H](CC2CCCC2)C(=O)Nc2ccccn2)cc1. The van der Waals surface area contributed by atoms with E-state index >= 15 is 0 Å². The van der Waals surface area contributed by atoms with Gasteiger partial charge in [0.1, 0.15) is 5.82 Å². The zero-order valence-electron chi connectivity index (χ0n) is 17.8. The average Bonchev–Trinajstić information content (AvgIpc) is 3.27. The quantitative estimate of drug-likeness (QED) is 0.640. The molecule has 1 fully saturated rings. The number of sulfonamides is 1. The first kappa shape index (κ1) is 22.4. The molecule has 0 unspecified atom stereocenters. The van der Waals surface area contributed by atoms with E-state index in [1.807, 2.05) is 19.9 Å². The van der Waals surface area contributed by atoms with Crippen LogP contribution in [0.25, 0.3) is 0 Å². The van der Waals surface area contributed by atoms with Crippen LogP contribution >= 0.6 is 0 Å². The summed E-state index contributed by atoms with van der Waals surface area (Å²) in [5, 5.41) is 2.92. The van der Waals surface area contributed by atoms with Crippen LogP contribution in [-0.4, -0.2) is 36.7 Å². The van der Waals surface area contributed by atoms with E-state index in [4.69, 9.17) is 0 Å². The van der Waals surface area contributed by atoms with E-state index in [-0.39, 0.29) is 16.7 Å². The van der Waals surface area contributed by atoms with Crippen LogP contribution in [0.15, 0.2) is 53.6 Å². The number of amides is 1. The van der Waals surface area contributed by atoms with Crippen molar-refractivity contribution in [1.82, 2.24) is 9.29 Å². The molecule has 0 aliphatic heterocycles. The van der Waals surface area contributed by atoms with Gasteiger partial charge in [0.25, 0.3) is 0 Å². The molecule has 0 radical (unpaired) electrons. The van der Waals surface area contributed by atoms with E-state index in [0.717, 1.165) is 24.8 Å². The zero-order chi connectivity index (χ0) is 21.6. The molecule has 30 heavy (non-hydrogen) atoms. The first-order chi connectivity index (χ1) is 14.5. The number of rotatable bonds is 9. The fourth-order valence-corrected chi connectivity index (χ4v) is 5.67. The van der Waals surface area contributed by atoms with Crippen molar-refractivity contribution in [2.45, 2.75) is 56.8 Å². The molecule has 1 atom stereocenters. The minimum Gasteiger partial charge on any atom is -0.310 e. The van der Waals surface area contributed by atoms with E-state index in [9.17, 15) is 13.2 Å². The third kappa shape index (κ3) is 5.26. The molecule has 1 aliphatic rings. The van der Waals surface area contributed by atoms with Gasteiger partial charge in [0, 0.05) is 19.3 Å². The largest absolute Gasteiger partial charge is 0.310 e.